The molecule has 2 N–H and O–H groups in total. The minimum atomic E-state index is -1.19. The van der Waals surface area contributed by atoms with Gasteiger partial charge in [0.25, 0.3) is 5.91 Å². The Morgan fingerprint density at radius 3 is 2.60 bits per heavy atom. The molecule has 20 heavy (non-hydrogen) atoms. The lowest BCUT2D eigenvalue weighted by atomic mass is 10.3. The molecule has 1 aliphatic rings. The van der Waals surface area contributed by atoms with Crippen LogP contribution in [0.3, 0.4) is 0 Å². The van der Waals surface area contributed by atoms with Crippen molar-refractivity contribution in [3.05, 3.63) is 34.4 Å². The van der Waals surface area contributed by atoms with Crippen molar-refractivity contribution in [3.63, 3.8) is 0 Å². The number of nitro groups is 1. The monoisotopic (exact) mass is 280 g/mol. The molecule has 8 nitrogen and oxygen atoms in total. The van der Waals surface area contributed by atoms with Crippen LogP contribution in [0.2, 0.25) is 0 Å². The van der Waals surface area contributed by atoms with Crippen LogP contribution in [-0.2, 0) is 9.59 Å². The third-order valence-electron chi connectivity index (χ3n) is 2.96. The smallest absolute Gasteiger partial charge is 0.329 e. The largest absolute Gasteiger partial charge is 0.480 e. The van der Waals surface area contributed by atoms with Gasteiger partial charge < -0.3 is 15.2 Å². The Bertz CT molecular complexity index is 567. The number of rotatable bonds is 6. The highest BCUT2D eigenvalue weighted by atomic mass is 16.6. The second kappa shape index (κ2) is 5.16. The van der Waals surface area contributed by atoms with E-state index in [4.69, 9.17) is 9.84 Å². The lowest BCUT2D eigenvalue weighted by Gasteiger charge is -2.12. The molecule has 1 fully saturated rings. The molecule has 0 spiro atoms. The number of aliphatic carboxylic acids is 1. The molecule has 1 aromatic carbocycles. The molecule has 0 unspecified atom stereocenters. The zero-order valence-electron chi connectivity index (χ0n) is 10.4. The van der Waals surface area contributed by atoms with E-state index in [2.05, 4.69) is 5.32 Å². The van der Waals surface area contributed by atoms with Crippen LogP contribution >= 0.6 is 0 Å². The Morgan fingerprint density at radius 2 is 2.05 bits per heavy atom. The highest BCUT2D eigenvalue weighted by molar-refractivity contribution is 5.90. The quantitative estimate of drug-likeness (QED) is 0.585. The summed E-state index contributed by atoms with van der Waals surface area (Å²) in [5.74, 6) is -1.74. The van der Waals surface area contributed by atoms with Gasteiger partial charge in [0.2, 0.25) is 0 Å². The number of nitrogens with zero attached hydrogens (tertiary/aromatic N) is 1. The third-order valence-corrected chi connectivity index (χ3v) is 2.96. The first-order valence-corrected chi connectivity index (χ1v) is 5.85. The van der Waals surface area contributed by atoms with E-state index in [1.807, 2.05) is 0 Å². The van der Waals surface area contributed by atoms with Gasteiger partial charge in [-0.05, 0) is 18.9 Å². The zero-order valence-corrected chi connectivity index (χ0v) is 10.4. The molecule has 1 aromatic rings. The molecule has 1 aliphatic carbocycles. The van der Waals surface area contributed by atoms with Crippen LogP contribution in [0.5, 0.6) is 5.75 Å². The Labute approximate surface area is 113 Å². The Morgan fingerprint density at radius 1 is 1.40 bits per heavy atom. The maximum atomic E-state index is 11.6. The first-order valence-electron chi connectivity index (χ1n) is 5.85. The summed E-state index contributed by atoms with van der Waals surface area (Å²) in [7, 11) is 0. The number of nitro benzene ring substituents is 1. The van der Waals surface area contributed by atoms with Crippen LogP contribution < -0.4 is 10.1 Å². The summed E-state index contributed by atoms with van der Waals surface area (Å²) in [6.45, 7) is -0.472. The fourth-order valence-electron chi connectivity index (χ4n) is 1.69. The first-order chi connectivity index (χ1) is 9.44. The minimum absolute atomic E-state index is 0.0344. The van der Waals surface area contributed by atoms with Gasteiger partial charge in [0.1, 0.15) is 5.54 Å². The highest BCUT2D eigenvalue weighted by Gasteiger charge is 2.51. The summed E-state index contributed by atoms with van der Waals surface area (Å²) in [6.07, 6.45) is 0.749. The number of carboxylic acid groups (broad SMARTS) is 1. The van der Waals surface area contributed by atoms with Gasteiger partial charge in [-0.25, -0.2) is 4.79 Å². The number of carboxylic acids is 1. The maximum absolute atomic E-state index is 11.6. The summed E-state index contributed by atoms with van der Waals surface area (Å²) >= 11 is 0. The van der Waals surface area contributed by atoms with E-state index in [1.165, 1.54) is 18.2 Å². The topological polar surface area (TPSA) is 119 Å². The van der Waals surface area contributed by atoms with Crippen LogP contribution in [0.25, 0.3) is 0 Å². The zero-order chi connectivity index (χ0) is 14.8. The van der Waals surface area contributed by atoms with Crippen LogP contribution in [-0.4, -0.2) is 34.1 Å². The van der Waals surface area contributed by atoms with Gasteiger partial charge >= 0.3 is 11.7 Å². The summed E-state index contributed by atoms with van der Waals surface area (Å²) in [4.78, 5) is 32.6. The number of carbonyl (C=O) groups is 2. The first kappa shape index (κ1) is 13.8. The molecule has 0 saturated heterocycles. The molecule has 0 aromatic heterocycles. The second-order valence-corrected chi connectivity index (χ2v) is 4.45. The molecule has 2 rings (SSSR count). The van der Waals surface area contributed by atoms with Gasteiger partial charge in [0.15, 0.2) is 12.4 Å². The van der Waals surface area contributed by atoms with E-state index >= 15 is 0 Å². The van der Waals surface area contributed by atoms with Crippen molar-refractivity contribution in [1.29, 1.82) is 0 Å². The number of para-hydroxylation sites is 2. The summed E-state index contributed by atoms with van der Waals surface area (Å²) in [5.41, 5.74) is -1.44. The van der Waals surface area contributed by atoms with Crippen molar-refractivity contribution < 1.29 is 24.4 Å². The van der Waals surface area contributed by atoms with E-state index in [0.29, 0.717) is 12.8 Å². The summed E-state index contributed by atoms with van der Waals surface area (Å²) < 4.78 is 5.07. The number of benzene rings is 1. The fraction of sp³-hybridized carbons (Fsp3) is 0.333. The Balaban J connectivity index is 1.94. The normalized spacial score (nSPS) is 15.2. The minimum Gasteiger partial charge on any atom is -0.480 e. The Hall–Kier alpha value is -2.64. The van der Waals surface area contributed by atoms with Crippen molar-refractivity contribution in [3.8, 4) is 5.75 Å². The molecule has 106 valence electrons. The predicted molar refractivity (Wildman–Crippen MR) is 66.3 cm³/mol. The number of carbonyl (C=O) groups excluding carboxylic acids is 1. The van der Waals surface area contributed by atoms with E-state index in [0.717, 1.165) is 0 Å². The molecule has 0 heterocycles. The van der Waals surface area contributed by atoms with E-state index in [1.54, 1.807) is 6.07 Å². The molecule has 0 radical (unpaired) electrons. The maximum Gasteiger partial charge on any atom is 0.329 e. The van der Waals surface area contributed by atoms with Crippen molar-refractivity contribution in [2.24, 2.45) is 0 Å². The molecule has 0 atom stereocenters. The number of hydrogen-bond donors (Lipinski definition) is 2. The lowest BCUT2D eigenvalue weighted by molar-refractivity contribution is -0.385. The number of ether oxygens (including phenoxy) is 1. The van der Waals surface area contributed by atoms with Crippen LogP contribution in [0.1, 0.15) is 12.8 Å². The average molecular weight is 280 g/mol. The molecule has 0 bridgehead atoms. The Kier molecular flexibility index (Phi) is 3.55. The van der Waals surface area contributed by atoms with Crippen LogP contribution in [0.4, 0.5) is 5.69 Å². The van der Waals surface area contributed by atoms with Gasteiger partial charge in [0.05, 0.1) is 4.92 Å². The third kappa shape index (κ3) is 2.85. The van der Waals surface area contributed by atoms with Gasteiger partial charge in [0, 0.05) is 6.07 Å². The fourth-order valence-corrected chi connectivity index (χ4v) is 1.69. The predicted octanol–water partition coefficient (Wildman–Crippen LogP) is 0.707. The van der Waals surface area contributed by atoms with Crippen molar-refractivity contribution in [2.75, 3.05) is 6.61 Å². The standard InChI is InChI=1S/C12H12N2O6/c15-10(13-12(5-6-12)11(16)17)7-20-9-4-2-1-3-8(9)14(18)19/h1-4H,5-7H2,(H,13,15)(H,16,17). The highest BCUT2D eigenvalue weighted by Crippen LogP contribution is 2.35. The molecular formula is C12H12N2O6. The SMILES string of the molecule is O=C(COc1ccccc1[N+](=O)[O-])NC1(C(=O)O)CC1. The van der Waals surface area contributed by atoms with Crippen molar-refractivity contribution in [2.45, 2.75) is 18.4 Å². The summed E-state index contributed by atoms with van der Waals surface area (Å²) in [6, 6.07) is 5.65. The molecule has 8 heteroatoms. The number of amides is 1. The second-order valence-electron chi connectivity index (χ2n) is 4.45. The van der Waals surface area contributed by atoms with E-state index < -0.39 is 28.9 Å². The average Bonchev–Trinajstić information content (AvgIpc) is 3.17. The summed E-state index contributed by atoms with van der Waals surface area (Å²) in [5, 5.41) is 22.0. The molecule has 1 saturated carbocycles. The number of hydrogen-bond acceptors (Lipinski definition) is 5. The number of nitrogens with one attached hydrogen (secondary N) is 1. The van der Waals surface area contributed by atoms with E-state index in [-0.39, 0.29) is 11.4 Å². The molecule has 1 amide bonds. The van der Waals surface area contributed by atoms with Crippen LogP contribution in [0, 0.1) is 10.1 Å². The molecular weight excluding hydrogens is 268 g/mol. The van der Waals surface area contributed by atoms with Gasteiger partial charge in [-0.2, -0.15) is 0 Å². The van der Waals surface area contributed by atoms with Crippen molar-refractivity contribution in [1.82, 2.24) is 5.32 Å². The van der Waals surface area contributed by atoms with Gasteiger partial charge in [-0.15, -0.1) is 0 Å². The van der Waals surface area contributed by atoms with Gasteiger partial charge in [-0.1, -0.05) is 12.1 Å². The lowest BCUT2D eigenvalue weighted by Crippen LogP contribution is -2.45. The van der Waals surface area contributed by atoms with E-state index in [9.17, 15) is 19.7 Å². The molecule has 0 aliphatic heterocycles. The van der Waals surface area contributed by atoms with Gasteiger partial charge in [-0.3, -0.25) is 14.9 Å². The van der Waals surface area contributed by atoms with Crippen molar-refractivity contribution >= 4 is 17.6 Å². The van der Waals surface area contributed by atoms with Crippen LogP contribution in [0.15, 0.2) is 24.3 Å².